The number of oxazole rings is 1. The van der Waals surface area contributed by atoms with Crippen molar-refractivity contribution in [2.24, 2.45) is 0 Å². The Labute approximate surface area is 162 Å². The minimum absolute atomic E-state index is 0.104. The maximum atomic E-state index is 12.3. The van der Waals surface area contributed by atoms with Crippen molar-refractivity contribution in [2.45, 2.75) is 6.61 Å². The average Bonchev–Trinajstić information content (AvgIpc) is 3.25. The molecular formula is C19H13ClN2O4S. The highest BCUT2D eigenvalue weighted by molar-refractivity contribution is 7.21. The van der Waals surface area contributed by atoms with E-state index in [0.29, 0.717) is 26.9 Å². The molecule has 2 aromatic heterocycles. The quantitative estimate of drug-likeness (QED) is 0.508. The van der Waals surface area contributed by atoms with E-state index >= 15 is 0 Å². The molecule has 1 amide bonds. The summed E-state index contributed by atoms with van der Waals surface area (Å²) in [5.41, 5.74) is 1.31. The Morgan fingerprint density at radius 3 is 2.74 bits per heavy atom. The molecule has 27 heavy (non-hydrogen) atoms. The molecular weight excluding hydrogens is 388 g/mol. The van der Waals surface area contributed by atoms with Crippen LogP contribution in [0.2, 0.25) is 5.02 Å². The number of hydrogen-bond donors (Lipinski definition) is 1. The first-order valence-electron chi connectivity index (χ1n) is 8.07. The van der Waals surface area contributed by atoms with Gasteiger partial charge in [-0.05, 0) is 18.2 Å². The summed E-state index contributed by atoms with van der Waals surface area (Å²) in [5.74, 6) is -0.716. The summed E-state index contributed by atoms with van der Waals surface area (Å²) in [6, 6.07) is 14.7. The van der Waals surface area contributed by atoms with Crippen LogP contribution in [0.5, 0.6) is 0 Å². The molecule has 2 heterocycles. The number of benzene rings is 2. The van der Waals surface area contributed by atoms with E-state index in [9.17, 15) is 9.59 Å². The van der Waals surface area contributed by atoms with Gasteiger partial charge in [0.1, 0.15) is 16.9 Å². The molecule has 2 aromatic carbocycles. The van der Waals surface area contributed by atoms with Gasteiger partial charge in [-0.15, -0.1) is 11.3 Å². The lowest BCUT2D eigenvalue weighted by atomic mass is 10.2. The number of halogens is 1. The van der Waals surface area contributed by atoms with Gasteiger partial charge >= 0.3 is 5.97 Å². The van der Waals surface area contributed by atoms with Crippen LogP contribution >= 0.6 is 22.9 Å². The fourth-order valence-electron chi connectivity index (χ4n) is 2.57. The molecule has 0 aliphatic carbocycles. The second-order valence-electron chi connectivity index (χ2n) is 5.66. The lowest BCUT2D eigenvalue weighted by Gasteiger charge is -2.04. The first kappa shape index (κ1) is 17.5. The zero-order valence-corrected chi connectivity index (χ0v) is 15.5. The molecule has 0 atom stereocenters. The molecule has 0 spiro atoms. The number of nitrogens with one attached hydrogen (secondary N) is 1. The van der Waals surface area contributed by atoms with Gasteiger partial charge in [-0.2, -0.15) is 0 Å². The predicted molar refractivity (Wildman–Crippen MR) is 103 cm³/mol. The fraction of sp³-hybridized carbons (Fsp3) is 0.105. The summed E-state index contributed by atoms with van der Waals surface area (Å²) in [7, 11) is 0. The van der Waals surface area contributed by atoms with Crippen molar-refractivity contribution in [3.8, 4) is 0 Å². The number of para-hydroxylation sites is 2. The van der Waals surface area contributed by atoms with Crippen molar-refractivity contribution in [1.82, 2.24) is 10.3 Å². The molecule has 6 nitrogen and oxygen atoms in total. The minimum atomic E-state index is -0.595. The molecule has 0 unspecified atom stereocenters. The number of hydrogen-bond acceptors (Lipinski definition) is 6. The fourth-order valence-corrected chi connectivity index (χ4v) is 4.00. The van der Waals surface area contributed by atoms with E-state index < -0.39 is 11.9 Å². The molecule has 1 N–H and O–H groups in total. The third-order valence-corrected chi connectivity index (χ3v) is 5.50. The van der Waals surface area contributed by atoms with E-state index in [1.54, 1.807) is 12.1 Å². The van der Waals surface area contributed by atoms with Crippen LogP contribution in [0.4, 0.5) is 0 Å². The van der Waals surface area contributed by atoms with Crippen LogP contribution in [0.3, 0.4) is 0 Å². The van der Waals surface area contributed by atoms with Gasteiger partial charge in [0.05, 0.1) is 5.02 Å². The topological polar surface area (TPSA) is 81.4 Å². The number of fused-ring (bicyclic) bond motifs is 2. The first-order chi connectivity index (χ1) is 13.1. The molecule has 0 aliphatic rings. The maximum absolute atomic E-state index is 12.3. The molecule has 4 rings (SSSR count). The summed E-state index contributed by atoms with van der Waals surface area (Å²) in [5, 5.41) is 3.72. The minimum Gasteiger partial charge on any atom is -0.454 e. The SMILES string of the molecule is O=C(CNC(=O)c1sc2ccccc2c1Cl)OCc1nc2ccccc2o1. The number of rotatable bonds is 5. The Kier molecular flexibility index (Phi) is 4.79. The Morgan fingerprint density at radius 2 is 1.93 bits per heavy atom. The van der Waals surface area contributed by atoms with Gasteiger partial charge in [-0.3, -0.25) is 9.59 Å². The summed E-state index contributed by atoms with van der Waals surface area (Å²) < 4.78 is 11.5. The van der Waals surface area contributed by atoms with E-state index in [1.165, 1.54) is 11.3 Å². The van der Waals surface area contributed by atoms with Crippen molar-refractivity contribution in [3.63, 3.8) is 0 Å². The van der Waals surface area contributed by atoms with Crippen molar-refractivity contribution in [3.05, 3.63) is 64.3 Å². The standard InChI is InChI=1S/C19H13ClN2O4S/c20-17-11-5-1-4-8-14(11)27-18(17)19(24)21-9-16(23)25-10-15-22-12-6-2-3-7-13(12)26-15/h1-8H,9-10H2,(H,21,24). The number of nitrogens with zero attached hydrogens (tertiary/aromatic N) is 1. The zero-order valence-electron chi connectivity index (χ0n) is 13.9. The number of amides is 1. The van der Waals surface area contributed by atoms with Crippen molar-refractivity contribution < 1.29 is 18.7 Å². The van der Waals surface area contributed by atoms with Crippen molar-refractivity contribution in [2.75, 3.05) is 6.54 Å². The van der Waals surface area contributed by atoms with Crippen LogP contribution in [0.1, 0.15) is 15.6 Å². The van der Waals surface area contributed by atoms with Gasteiger partial charge in [0, 0.05) is 10.1 Å². The second-order valence-corrected chi connectivity index (χ2v) is 7.09. The van der Waals surface area contributed by atoms with Gasteiger partial charge in [-0.1, -0.05) is 41.9 Å². The molecule has 4 aromatic rings. The summed E-state index contributed by atoms with van der Waals surface area (Å²) in [6.45, 7) is -0.378. The summed E-state index contributed by atoms with van der Waals surface area (Å²) in [6.07, 6.45) is 0. The molecule has 0 aliphatic heterocycles. The average molecular weight is 401 g/mol. The smallest absolute Gasteiger partial charge is 0.325 e. The van der Waals surface area contributed by atoms with Crippen LogP contribution in [0.25, 0.3) is 21.2 Å². The molecule has 0 bridgehead atoms. The number of carbonyl (C=O) groups excluding carboxylic acids is 2. The number of esters is 1. The van der Waals surface area contributed by atoms with E-state index in [1.807, 2.05) is 36.4 Å². The Morgan fingerprint density at radius 1 is 1.15 bits per heavy atom. The Bertz CT molecular complexity index is 1120. The van der Waals surface area contributed by atoms with Crippen molar-refractivity contribution >= 4 is 56.0 Å². The van der Waals surface area contributed by atoms with Crippen molar-refractivity contribution in [1.29, 1.82) is 0 Å². The van der Waals surface area contributed by atoms with Gasteiger partial charge in [0.2, 0.25) is 5.89 Å². The molecule has 0 fully saturated rings. The number of thiophene rings is 1. The maximum Gasteiger partial charge on any atom is 0.325 e. The Hall–Kier alpha value is -2.90. The van der Waals surface area contributed by atoms with Crippen LogP contribution in [0.15, 0.2) is 52.9 Å². The third-order valence-electron chi connectivity index (χ3n) is 3.83. The summed E-state index contributed by atoms with van der Waals surface area (Å²) in [4.78, 5) is 28.8. The monoisotopic (exact) mass is 400 g/mol. The van der Waals surface area contributed by atoms with Crippen LogP contribution in [0, 0.1) is 0 Å². The van der Waals surface area contributed by atoms with Gasteiger partial charge in [0.15, 0.2) is 12.2 Å². The van der Waals surface area contributed by atoms with E-state index in [0.717, 1.165) is 10.1 Å². The molecule has 0 radical (unpaired) electrons. The van der Waals surface area contributed by atoms with Gasteiger partial charge in [-0.25, -0.2) is 4.98 Å². The third kappa shape index (κ3) is 3.65. The molecule has 0 saturated carbocycles. The highest BCUT2D eigenvalue weighted by Gasteiger charge is 2.18. The van der Waals surface area contributed by atoms with E-state index in [4.69, 9.17) is 20.8 Å². The second kappa shape index (κ2) is 7.38. The van der Waals surface area contributed by atoms with Crippen LogP contribution < -0.4 is 5.32 Å². The van der Waals surface area contributed by atoms with E-state index in [2.05, 4.69) is 10.3 Å². The van der Waals surface area contributed by atoms with Crippen LogP contribution in [-0.4, -0.2) is 23.4 Å². The molecule has 8 heteroatoms. The van der Waals surface area contributed by atoms with E-state index in [-0.39, 0.29) is 13.2 Å². The van der Waals surface area contributed by atoms with Gasteiger partial charge in [0.25, 0.3) is 5.91 Å². The normalized spacial score (nSPS) is 11.0. The van der Waals surface area contributed by atoms with Gasteiger partial charge < -0.3 is 14.5 Å². The first-order valence-corrected chi connectivity index (χ1v) is 9.26. The predicted octanol–water partition coefficient (Wildman–Crippen LogP) is 4.17. The largest absolute Gasteiger partial charge is 0.454 e. The lowest BCUT2D eigenvalue weighted by Crippen LogP contribution is -2.30. The lowest BCUT2D eigenvalue weighted by molar-refractivity contribution is -0.144. The molecule has 136 valence electrons. The number of aromatic nitrogens is 1. The van der Waals surface area contributed by atoms with Crippen LogP contribution in [-0.2, 0) is 16.1 Å². The highest BCUT2D eigenvalue weighted by atomic mass is 35.5. The Balaban J connectivity index is 1.34. The number of ether oxygens (including phenoxy) is 1. The summed E-state index contributed by atoms with van der Waals surface area (Å²) >= 11 is 7.54. The zero-order chi connectivity index (χ0) is 18.8. The molecule has 0 saturated heterocycles. The number of carbonyl (C=O) groups is 2. The highest BCUT2D eigenvalue weighted by Crippen LogP contribution is 2.34.